The molecular formula is C13H16BrF2N. The third-order valence-corrected chi connectivity index (χ3v) is 4.20. The zero-order valence-electron chi connectivity index (χ0n) is 9.61. The highest BCUT2D eigenvalue weighted by Crippen LogP contribution is 2.41. The Morgan fingerprint density at radius 1 is 1.12 bits per heavy atom. The molecule has 94 valence electrons. The van der Waals surface area contributed by atoms with Crippen LogP contribution in [-0.4, -0.2) is 6.54 Å². The first kappa shape index (κ1) is 13.0. The topological polar surface area (TPSA) is 26.0 Å². The molecule has 1 saturated carbocycles. The molecule has 0 spiro atoms. The molecule has 0 aliphatic heterocycles. The fraction of sp³-hybridized carbons (Fsp3) is 0.538. The van der Waals surface area contributed by atoms with Gasteiger partial charge in [-0.15, -0.1) is 0 Å². The van der Waals surface area contributed by atoms with E-state index in [-0.39, 0.29) is 5.56 Å². The molecule has 0 bridgehead atoms. The summed E-state index contributed by atoms with van der Waals surface area (Å²) >= 11 is 3.10. The Labute approximate surface area is 109 Å². The largest absolute Gasteiger partial charge is 0.330 e. The second-order valence-corrected chi connectivity index (χ2v) is 5.71. The molecule has 2 N–H and O–H groups in total. The van der Waals surface area contributed by atoms with Crippen LogP contribution < -0.4 is 5.73 Å². The van der Waals surface area contributed by atoms with Gasteiger partial charge in [-0.05, 0) is 25.0 Å². The van der Waals surface area contributed by atoms with Crippen molar-refractivity contribution in [3.05, 3.63) is 33.8 Å². The number of hydrogen-bond acceptors (Lipinski definition) is 1. The van der Waals surface area contributed by atoms with Gasteiger partial charge in [0.15, 0.2) is 0 Å². The summed E-state index contributed by atoms with van der Waals surface area (Å²) in [6.45, 7) is 0.308. The normalized spacial score (nSPS) is 19.3. The summed E-state index contributed by atoms with van der Waals surface area (Å²) in [6.07, 6.45) is 4.66. The predicted octanol–water partition coefficient (Wildman–Crippen LogP) is 3.89. The fourth-order valence-corrected chi connectivity index (χ4v) is 3.24. The third-order valence-electron chi connectivity index (χ3n) is 3.74. The van der Waals surface area contributed by atoms with E-state index in [1.165, 1.54) is 12.1 Å². The van der Waals surface area contributed by atoms with E-state index < -0.39 is 17.0 Å². The summed E-state index contributed by atoms with van der Waals surface area (Å²) in [4.78, 5) is 0. The zero-order valence-corrected chi connectivity index (χ0v) is 11.2. The second-order valence-electron chi connectivity index (χ2n) is 4.79. The average Bonchev–Trinajstić information content (AvgIpc) is 2.28. The van der Waals surface area contributed by atoms with Gasteiger partial charge in [0.1, 0.15) is 11.6 Å². The minimum absolute atomic E-state index is 0.183. The predicted molar refractivity (Wildman–Crippen MR) is 67.9 cm³/mol. The van der Waals surface area contributed by atoms with Crippen molar-refractivity contribution in [3.8, 4) is 0 Å². The lowest BCUT2D eigenvalue weighted by Gasteiger charge is -2.37. The molecule has 0 aromatic heterocycles. The summed E-state index contributed by atoms with van der Waals surface area (Å²) in [6, 6.07) is 2.65. The molecule has 0 heterocycles. The minimum atomic E-state index is -0.507. The van der Waals surface area contributed by atoms with Crippen molar-refractivity contribution in [1.29, 1.82) is 0 Å². The van der Waals surface area contributed by atoms with Gasteiger partial charge in [-0.3, -0.25) is 0 Å². The maximum Gasteiger partial charge on any atom is 0.131 e. The van der Waals surface area contributed by atoms with Gasteiger partial charge in [-0.25, -0.2) is 8.78 Å². The van der Waals surface area contributed by atoms with E-state index in [9.17, 15) is 8.78 Å². The number of nitrogens with two attached hydrogens (primary N) is 1. The van der Waals surface area contributed by atoms with Crippen LogP contribution in [0.2, 0.25) is 0 Å². The van der Waals surface area contributed by atoms with Crippen molar-refractivity contribution in [2.75, 3.05) is 6.54 Å². The highest BCUT2D eigenvalue weighted by atomic mass is 79.9. The van der Waals surface area contributed by atoms with Gasteiger partial charge in [-0.2, -0.15) is 0 Å². The van der Waals surface area contributed by atoms with Crippen LogP contribution in [-0.2, 0) is 5.41 Å². The Balaban J connectivity index is 2.50. The molecule has 1 aliphatic rings. The molecule has 17 heavy (non-hydrogen) atoms. The van der Waals surface area contributed by atoms with E-state index in [1.807, 2.05) is 0 Å². The summed E-state index contributed by atoms with van der Waals surface area (Å²) in [5.74, 6) is -0.964. The van der Waals surface area contributed by atoms with Crippen molar-refractivity contribution in [1.82, 2.24) is 0 Å². The second kappa shape index (κ2) is 5.02. The number of halogens is 3. The molecule has 0 unspecified atom stereocenters. The van der Waals surface area contributed by atoms with Gasteiger partial charge in [0.25, 0.3) is 0 Å². The van der Waals surface area contributed by atoms with Gasteiger partial charge in [0.2, 0.25) is 0 Å². The standard InChI is InChI=1S/C13H16BrF2N/c14-9-6-10(15)12(11(16)7-9)13(8-17)4-2-1-3-5-13/h6-7H,1-5,8,17H2. The Kier molecular flexibility index (Phi) is 3.83. The maximum absolute atomic E-state index is 14.0. The van der Waals surface area contributed by atoms with Crippen molar-refractivity contribution in [2.24, 2.45) is 5.73 Å². The van der Waals surface area contributed by atoms with E-state index in [4.69, 9.17) is 5.73 Å². The van der Waals surface area contributed by atoms with Crippen molar-refractivity contribution < 1.29 is 8.78 Å². The highest BCUT2D eigenvalue weighted by Gasteiger charge is 2.37. The van der Waals surface area contributed by atoms with Crippen molar-refractivity contribution >= 4 is 15.9 Å². The smallest absolute Gasteiger partial charge is 0.131 e. The van der Waals surface area contributed by atoms with E-state index >= 15 is 0 Å². The molecule has 1 aromatic carbocycles. The summed E-state index contributed by atoms with van der Waals surface area (Å²) in [5, 5.41) is 0. The summed E-state index contributed by atoms with van der Waals surface area (Å²) in [7, 11) is 0. The SMILES string of the molecule is NCC1(c2c(F)cc(Br)cc2F)CCCCC1. The molecule has 1 aliphatic carbocycles. The number of rotatable bonds is 2. The quantitative estimate of drug-likeness (QED) is 0.881. The summed E-state index contributed by atoms with van der Waals surface area (Å²) in [5.41, 5.74) is 5.48. The van der Waals surface area contributed by atoms with Gasteiger partial charge in [0, 0.05) is 22.0 Å². The van der Waals surface area contributed by atoms with Crippen LogP contribution in [0.3, 0.4) is 0 Å². The van der Waals surface area contributed by atoms with Crippen LogP contribution >= 0.6 is 15.9 Å². The zero-order chi connectivity index (χ0) is 12.5. The van der Waals surface area contributed by atoms with Crippen LogP contribution in [0.5, 0.6) is 0 Å². The minimum Gasteiger partial charge on any atom is -0.330 e. The fourth-order valence-electron chi connectivity index (χ4n) is 2.83. The Hall–Kier alpha value is -0.480. The lowest BCUT2D eigenvalue weighted by Crippen LogP contribution is -2.38. The van der Waals surface area contributed by atoms with E-state index in [0.29, 0.717) is 11.0 Å². The Morgan fingerprint density at radius 3 is 2.12 bits per heavy atom. The molecule has 0 amide bonds. The molecule has 0 atom stereocenters. The van der Waals surface area contributed by atoms with Gasteiger partial charge in [0.05, 0.1) is 0 Å². The number of benzene rings is 1. The first-order valence-corrected chi connectivity index (χ1v) is 6.73. The molecule has 1 nitrogen and oxygen atoms in total. The molecule has 4 heteroatoms. The lowest BCUT2D eigenvalue weighted by molar-refractivity contribution is 0.281. The van der Waals surface area contributed by atoms with Crippen molar-refractivity contribution in [3.63, 3.8) is 0 Å². The molecule has 0 radical (unpaired) electrons. The summed E-state index contributed by atoms with van der Waals surface area (Å²) < 4.78 is 28.4. The van der Waals surface area contributed by atoms with Crippen LogP contribution in [0.25, 0.3) is 0 Å². The maximum atomic E-state index is 14.0. The van der Waals surface area contributed by atoms with Gasteiger partial charge < -0.3 is 5.73 Å². The lowest BCUT2D eigenvalue weighted by atomic mass is 9.69. The van der Waals surface area contributed by atoms with E-state index in [1.54, 1.807) is 0 Å². The highest BCUT2D eigenvalue weighted by molar-refractivity contribution is 9.10. The molecular weight excluding hydrogens is 288 g/mol. The molecule has 2 rings (SSSR count). The average molecular weight is 304 g/mol. The van der Waals surface area contributed by atoms with E-state index in [2.05, 4.69) is 15.9 Å². The Bertz CT molecular complexity index is 391. The van der Waals surface area contributed by atoms with Crippen LogP contribution in [0.1, 0.15) is 37.7 Å². The number of hydrogen-bond donors (Lipinski definition) is 1. The Morgan fingerprint density at radius 2 is 1.65 bits per heavy atom. The molecule has 0 saturated heterocycles. The third kappa shape index (κ3) is 2.38. The van der Waals surface area contributed by atoms with Gasteiger partial charge >= 0.3 is 0 Å². The molecule has 1 fully saturated rings. The first-order valence-electron chi connectivity index (χ1n) is 5.94. The first-order chi connectivity index (χ1) is 8.09. The van der Waals surface area contributed by atoms with Crippen LogP contribution in [0.15, 0.2) is 16.6 Å². The van der Waals surface area contributed by atoms with E-state index in [0.717, 1.165) is 32.1 Å². The van der Waals surface area contributed by atoms with Crippen molar-refractivity contribution in [2.45, 2.75) is 37.5 Å². The van der Waals surface area contributed by atoms with Gasteiger partial charge in [-0.1, -0.05) is 35.2 Å². The molecule has 1 aromatic rings. The van der Waals surface area contributed by atoms with Crippen LogP contribution in [0.4, 0.5) is 8.78 Å². The monoisotopic (exact) mass is 303 g/mol. The van der Waals surface area contributed by atoms with Crippen LogP contribution in [0, 0.1) is 11.6 Å².